The van der Waals surface area contributed by atoms with E-state index < -0.39 is 11.9 Å². The molecule has 0 aliphatic carbocycles. The lowest BCUT2D eigenvalue weighted by molar-refractivity contribution is -0.115. The Morgan fingerprint density at radius 1 is 1.39 bits per heavy atom. The van der Waals surface area contributed by atoms with Crippen LogP contribution >= 0.6 is 0 Å². The topological polar surface area (TPSA) is 108 Å². The third-order valence-electron chi connectivity index (χ3n) is 3.25. The first-order chi connectivity index (χ1) is 11.0. The third kappa shape index (κ3) is 4.74. The summed E-state index contributed by atoms with van der Waals surface area (Å²) < 4.78 is 5.33. The Balaban J connectivity index is 3.21. The smallest absolute Gasteiger partial charge is 0.319 e. The van der Waals surface area contributed by atoms with Gasteiger partial charge in [0.15, 0.2) is 0 Å². The molecular weight excluding hydrogens is 296 g/mol. The number of carbonyl (C=O) groups excluding carboxylic acids is 2. The summed E-state index contributed by atoms with van der Waals surface area (Å²) in [6.45, 7) is 5.79. The van der Waals surface area contributed by atoms with E-state index >= 15 is 0 Å². The fourth-order valence-electron chi connectivity index (χ4n) is 2.09. The van der Waals surface area contributed by atoms with Crippen molar-refractivity contribution in [3.63, 3.8) is 0 Å². The van der Waals surface area contributed by atoms with Gasteiger partial charge in [-0.05, 0) is 32.1 Å². The highest BCUT2D eigenvalue weighted by atomic mass is 16.5. The minimum Gasteiger partial charge on any atom is -0.496 e. The molecule has 23 heavy (non-hydrogen) atoms. The maximum atomic E-state index is 11.7. The summed E-state index contributed by atoms with van der Waals surface area (Å²) in [7, 11) is 1.51. The van der Waals surface area contributed by atoms with Gasteiger partial charge in [0, 0.05) is 30.4 Å². The van der Waals surface area contributed by atoms with Crippen molar-refractivity contribution in [1.29, 1.82) is 5.26 Å². The van der Waals surface area contributed by atoms with E-state index in [1.807, 2.05) is 31.3 Å². The van der Waals surface area contributed by atoms with E-state index in [9.17, 15) is 9.59 Å². The van der Waals surface area contributed by atoms with E-state index in [1.54, 1.807) is 12.1 Å². The van der Waals surface area contributed by atoms with E-state index in [2.05, 4.69) is 4.90 Å². The molecule has 0 bridgehead atoms. The molecule has 7 heteroatoms. The predicted molar refractivity (Wildman–Crippen MR) is 87.9 cm³/mol. The number of rotatable bonds is 6. The van der Waals surface area contributed by atoms with E-state index in [1.165, 1.54) is 13.2 Å². The van der Waals surface area contributed by atoms with Crippen LogP contribution in [0.15, 0.2) is 23.8 Å². The molecule has 3 amide bonds. The normalized spacial score (nSPS) is 10.6. The van der Waals surface area contributed by atoms with E-state index in [0.29, 0.717) is 11.3 Å². The molecule has 0 atom stereocenters. The van der Waals surface area contributed by atoms with Crippen LogP contribution in [0.2, 0.25) is 0 Å². The summed E-state index contributed by atoms with van der Waals surface area (Å²) in [5, 5.41) is 10.9. The second kappa shape index (κ2) is 8.44. The van der Waals surface area contributed by atoms with Gasteiger partial charge in [-0.15, -0.1) is 0 Å². The molecule has 0 spiro atoms. The van der Waals surface area contributed by atoms with Gasteiger partial charge in [-0.1, -0.05) is 0 Å². The van der Waals surface area contributed by atoms with Gasteiger partial charge < -0.3 is 15.4 Å². The number of imide groups is 1. The Morgan fingerprint density at radius 3 is 2.52 bits per heavy atom. The summed E-state index contributed by atoms with van der Waals surface area (Å²) >= 11 is 0. The number of nitrogens with two attached hydrogens (primary N) is 1. The number of nitriles is 1. The molecule has 0 aliphatic rings. The number of nitrogens with zero attached hydrogens (tertiary/aromatic N) is 2. The van der Waals surface area contributed by atoms with Crippen molar-refractivity contribution in [3.05, 3.63) is 29.3 Å². The lowest BCUT2D eigenvalue weighted by atomic mass is 10.1. The van der Waals surface area contributed by atoms with Crippen LogP contribution in [-0.4, -0.2) is 32.1 Å². The van der Waals surface area contributed by atoms with E-state index in [-0.39, 0.29) is 5.57 Å². The van der Waals surface area contributed by atoms with Crippen LogP contribution in [-0.2, 0) is 4.79 Å². The Bertz CT molecular complexity index is 658. The number of hydrogen-bond donors (Lipinski definition) is 2. The molecule has 0 heterocycles. The molecule has 0 saturated heterocycles. The number of primary amides is 1. The fourth-order valence-corrected chi connectivity index (χ4v) is 2.09. The molecule has 1 rings (SSSR count). The number of benzene rings is 1. The molecule has 0 radical (unpaired) electrons. The van der Waals surface area contributed by atoms with E-state index in [4.69, 9.17) is 15.7 Å². The zero-order valence-corrected chi connectivity index (χ0v) is 13.4. The van der Waals surface area contributed by atoms with E-state index in [0.717, 1.165) is 18.8 Å². The molecular formula is C16H20N4O3. The molecule has 0 fully saturated rings. The van der Waals surface area contributed by atoms with Gasteiger partial charge in [-0.3, -0.25) is 10.1 Å². The van der Waals surface area contributed by atoms with Crippen LogP contribution in [0.5, 0.6) is 5.75 Å². The first-order valence-corrected chi connectivity index (χ1v) is 7.12. The average Bonchev–Trinajstić information content (AvgIpc) is 2.53. The maximum Gasteiger partial charge on any atom is 0.319 e. The number of nitrogens with one attached hydrogen (secondary N) is 1. The summed E-state index contributed by atoms with van der Waals surface area (Å²) in [6.07, 6.45) is 1.35. The van der Waals surface area contributed by atoms with Crippen molar-refractivity contribution in [1.82, 2.24) is 5.32 Å². The first-order valence-electron chi connectivity index (χ1n) is 7.12. The van der Waals surface area contributed by atoms with Gasteiger partial charge in [0.2, 0.25) is 0 Å². The minimum absolute atomic E-state index is 0.238. The highest BCUT2D eigenvalue weighted by molar-refractivity contribution is 6.08. The zero-order valence-electron chi connectivity index (χ0n) is 13.4. The third-order valence-corrected chi connectivity index (χ3v) is 3.25. The summed E-state index contributed by atoms with van der Waals surface area (Å²) in [5.41, 5.74) is 6.17. The van der Waals surface area contributed by atoms with Crippen LogP contribution in [0.1, 0.15) is 19.4 Å². The first kappa shape index (κ1) is 18.0. The molecule has 0 aromatic heterocycles. The number of methoxy groups -OCH3 is 1. The number of hydrogen-bond acceptors (Lipinski definition) is 5. The van der Waals surface area contributed by atoms with Gasteiger partial charge in [0.1, 0.15) is 17.4 Å². The highest BCUT2D eigenvalue weighted by Gasteiger charge is 2.13. The van der Waals surface area contributed by atoms with Crippen LogP contribution in [0.3, 0.4) is 0 Å². The van der Waals surface area contributed by atoms with Crippen molar-refractivity contribution >= 4 is 23.7 Å². The molecule has 1 aromatic rings. The molecule has 122 valence electrons. The predicted octanol–water partition coefficient (Wildman–Crippen LogP) is 1.64. The number of urea groups is 1. The maximum absolute atomic E-state index is 11.7. The van der Waals surface area contributed by atoms with Crippen molar-refractivity contribution in [3.8, 4) is 11.8 Å². The van der Waals surface area contributed by atoms with Crippen LogP contribution < -0.4 is 20.7 Å². The summed E-state index contributed by atoms with van der Waals surface area (Å²) in [5.74, 6) is -0.330. The van der Waals surface area contributed by atoms with Gasteiger partial charge in [-0.25, -0.2) is 4.79 Å². The lowest BCUT2D eigenvalue weighted by Gasteiger charge is -2.22. The summed E-state index contributed by atoms with van der Waals surface area (Å²) in [6, 6.07) is 6.19. The van der Waals surface area contributed by atoms with Gasteiger partial charge >= 0.3 is 6.03 Å². The van der Waals surface area contributed by atoms with Gasteiger partial charge in [-0.2, -0.15) is 5.26 Å². The molecule has 0 aliphatic heterocycles. The standard InChI is InChI=1S/C16H20N4O3/c1-4-20(5-2)13-7-6-11(14(9-13)23-3)8-12(10-17)15(21)19-16(18)22/h6-9H,4-5H2,1-3H3,(H3,18,19,21,22)/b12-8-. The molecule has 3 N–H and O–H groups in total. The van der Waals surface area contributed by atoms with Crippen molar-refractivity contribution in [2.75, 3.05) is 25.1 Å². The van der Waals surface area contributed by atoms with Crippen LogP contribution in [0.25, 0.3) is 6.08 Å². The number of anilines is 1. The largest absolute Gasteiger partial charge is 0.496 e. The second-order valence-corrected chi connectivity index (χ2v) is 4.59. The quantitative estimate of drug-likeness (QED) is 0.612. The second-order valence-electron chi connectivity index (χ2n) is 4.59. The van der Waals surface area contributed by atoms with Crippen LogP contribution in [0, 0.1) is 11.3 Å². The number of ether oxygens (including phenoxy) is 1. The molecule has 7 nitrogen and oxygen atoms in total. The monoisotopic (exact) mass is 316 g/mol. The molecule has 1 aromatic carbocycles. The average molecular weight is 316 g/mol. The Kier molecular flexibility index (Phi) is 6.62. The minimum atomic E-state index is -1.01. The SMILES string of the molecule is CCN(CC)c1ccc(/C=C(/C#N)C(=O)NC(N)=O)c(OC)c1. The highest BCUT2D eigenvalue weighted by Crippen LogP contribution is 2.27. The number of amides is 3. The van der Waals surface area contributed by atoms with Crippen LogP contribution in [0.4, 0.5) is 10.5 Å². The zero-order chi connectivity index (χ0) is 17.4. The number of carbonyl (C=O) groups is 2. The van der Waals surface area contributed by atoms with Crippen molar-refractivity contribution < 1.29 is 14.3 Å². The van der Waals surface area contributed by atoms with Crippen molar-refractivity contribution in [2.24, 2.45) is 5.73 Å². The Morgan fingerprint density at radius 2 is 2.04 bits per heavy atom. The Labute approximate surface area is 135 Å². The Hall–Kier alpha value is -3.01. The molecule has 0 unspecified atom stereocenters. The summed E-state index contributed by atoms with van der Waals surface area (Å²) in [4.78, 5) is 24.6. The van der Waals surface area contributed by atoms with Crippen molar-refractivity contribution in [2.45, 2.75) is 13.8 Å². The van der Waals surface area contributed by atoms with Gasteiger partial charge in [0.05, 0.1) is 7.11 Å². The fraction of sp³-hybridized carbons (Fsp3) is 0.312. The van der Waals surface area contributed by atoms with Gasteiger partial charge in [0.25, 0.3) is 5.91 Å². The lowest BCUT2D eigenvalue weighted by Crippen LogP contribution is -2.35. The molecule has 0 saturated carbocycles.